The van der Waals surface area contributed by atoms with Crippen LogP contribution in [-0.4, -0.2) is 25.7 Å². The molecule has 0 fully saturated rings. The largest absolute Gasteiger partial charge is 0.490 e. The van der Waals surface area contributed by atoms with Crippen LogP contribution < -0.4 is 20.1 Å². The van der Waals surface area contributed by atoms with E-state index in [1.807, 2.05) is 20.8 Å². The van der Waals surface area contributed by atoms with Crippen LogP contribution in [0, 0.1) is 5.92 Å². The van der Waals surface area contributed by atoms with Crippen LogP contribution in [0.15, 0.2) is 47.7 Å². The minimum absolute atomic E-state index is 0.0954. The van der Waals surface area contributed by atoms with E-state index in [0.29, 0.717) is 50.5 Å². The van der Waals surface area contributed by atoms with Crippen molar-refractivity contribution >= 4 is 35.2 Å². The number of methoxy groups -OCH3 is 1. The lowest BCUT2D eigenvalue weighted by atomic mass is 9.91. The Balaban J connectivity index is 1.98. The first-order valence-corrected chi connectivity index (χ1v) is 11.2. The lowest BCUT2D eigenvalue weighted by molar-refractivity contribution is -0.136. The molecule has 2 amide bonds. The SMILES string of the molecule is CCOc1cc(C2NC(=O)NC(C(C)C)=C2C(=O)OC)ccc1OCc1c(Cl)cccc1Cl. The Morgan fingerprint density at radius 1 is 1.09 bits per heavy atom. The van der Waals surface area contributed by atoms with E-state index in [0.717, 1.165) is 0 Å². The Labute approximate surface area is 203 Å². The number of hydrogen-bond acceptors (Lipinski definition) is 5. The van der Waals surface area contributed by atoms with Gasteiger partial charge in [-0.25, -0.2) is 9.59 Å². The van der Waals surface area contributed by atoms with E-state index in [1.165, 1.54) is 7.11 Å². The summed E-state index contributed by atoms with van der Waals surface area (Å²) in [5.41, 5.74) is 2.17. The zero-order valence-electron chi connectivity index (χ0n) is 18.8. The van der Waals surface area contributed by atoms with E-state index in [1.54, 1.807) is 36.4 Å². The van der Waals surface area contributed by atoms with Gasteiger partial charge in [-0.3, -0.25) is 0 Å². The summed E-state index contributed by atoms with van der Waals surface area (Å²) in [5, 5.41) is 6.54. The molecule has 9 heteroatoms. The highest BCUT2D eigenvalue weighted by atomic mass is 35.5. The zero-order chi connectivity index (χ0) is 24.1. The summed E-state index contributed by atoms with van der Waals surface area (Å²) < 4.78 is 16.7. The number of urea groups is 1. The summed E-state index contributed by atoms with van der Waals surface area (Å²) in [7, 11) is 1.31. The fourth-order valence-corrected chi connectivity index (χ4v) is 4.05. The van der Waals surface area contributed by atoms with Gasteiger partial charge in [0.05, 0.1) is 25.3 Å². The number of carbonyl (C=O) groups is 2. The highest BCUT2D eigenvalue weighted by molar-refractivity contribution is 6.35. The second-order valence-corrected chi connectivity index (χ2v) is 8.45. The molecule has 176 valence electrons. The molecule has 1 aliphatic heterocycles. The number of hydrogen-bond donors (Lipinski definition) is 2. The number of amides is 2. The molecule has 0 saturated heterocycles. The molecule has 0 aromatic heterocycles. The van der Waals surface area contributed by atoms with E-state index in [4.69, 9.17) is 37.4 Å². The number of benzene rings is 2. The van der Waals surface area contributed by atoms with Gasteiger partial charge in [0, 0.05) is 21.3 Å². The molecule has 2 aromatic rings. The summed E-state index contributed by atoms with van der Waals surface area (Å²) in [5.74, 6) is 0.315. The molecule has 0 bridgehead atoms. The predicted molar refractivity (Wildman–Crippen MR) is 127 cm³/mol. The standard InChI is InChI=1S/C24H26Cl2N2O5/c1-5-32-19-11-14(9-10-18(19)33-12-15-16(25)7-6-8-17(15)26)22-20(23(29)31-4)21(13(2)3)27-24(30)28-22/h6-11,13,22H,5,12H2,1-4H3,(H2,27,28,30). The topological polar surface area (TPSA) is 85.9 Å². The first-order valence-electron chi connectivity index (χ1n) is 10.5. The average Bonchev–Trinajstić information content (AvgIpc) is 2.78. The Bertz CT molecular complexity index is 1060. The van der Waals surface area contributed by atoms with Gasteiger partial charge in [-0.05, 0) is 42.7 Å². The van der Waals surface area contributed by atoms with Crippen molar-refractivity contribution in [2.24, 2.45) is 5.92 Å². The number of carbonyl (C=O) groups excluding carboxylic acids is 2. The third kappa shape index (κ3) is 5.54. The Morgan fingerprint density at radius 3 is 2.39 bits per heavy atom. The van der Waals surface area contributed by atoms with Crippen LogP contribution in [0.5, 0.6) is 11.5 Å². The summed E-state index contributed by atoms with van der Waals surface area (Å²) >= 11 is 12.5. The number of rotatable bonds is 8. The molecule has 1 aliphatic rings. The third-order valence-electron chi connectivity index (χ3n) is 5.12. The molecule has 1 unspecified atom stereocenters. The van der Waals surface area contributed by atoms with Crippen LogP contribution in [-0.2, 0) is 16.1 Å². The van der Waals surface area contributed by atoms with Gasteiger partial charge in [0.25, 0.3) is 0 Å². The van der Waals surface area contributed by atoms with Gasteiger partial charge in [0.15, 0.2) is 11.5 Å². The van der Waals surface area contributed by atoms with Crippen LogP contribution in [0.4, 0.5) is 4.79 Å². The third-order valence-corrected chi connectivity index (χ3v) is 5.83. The Kier molecular flexibility index (Phi) is 8.10. The van der Waals surface area contributed by atoms with Gasteiger partial charge in [-0.2, -0.15) is 0 Å². The van der Waals surface area contributed by atoms with Gasteiger partial charge >= 0.3 is 12.0 Å². The summed E-state index contributed by atoms with van der Waals surface area (Å²) in [6, 6.07) is 9.37. The highest BCUT2D eigenvalue weighted by Crippen LogP contribution is 2.37. The maximum absolute atomic E-state index is 12.6. The van der Waals surface area contributed by atoms with Gasteiger partial charge in [-0.15, -0.1) is 0 Å². The predicted octanol–water partition coefficient (Wildman–Crippen LogP) is 5.41. The van der Waals surface area contributed by atoms with Gasteiger partial charge < -0.3 is 24.8 Å². The van der Waals surface area contributed by atoms with E-state index >= 15 is 0 Å². The smallest absolute Gasteiger partial charge is 0.337 e. The number of nitrogens with one attached hydrogen (secondary N) is 2. The molecular weight excluding hydrogens is 467 g/mol. The van der Waals surface area contributed by atoms with Crippen molar-refractivity contribution in [1.29, 1.82) is 0 Å². The Hall–Kier alpha value is -2.90. The van der Waals surface area contributed by atoms with Crippen molar-refractivity contribution in [2.45, 2.75) is 33.4 Å². The number of halogens is 2. The van der Waals surface area contributed by atoms with Crippen molar-refractivity contribution in [2.75, 3.05) is 13.7 Å². The Morgan fingerprint density at radius 2 is 1.79 bits per heavy atom. The number of ether oxygens (including phenoxy) is 3. The molecular formula is C24H26Cl2N2O5. The monoisotopic (exact) mass is 492 g/mol. The highest BCUT2D eigenvalue weighted by Gasteiger charge is 2.34. The maximum Gasteiger partial charge on any atom is 0.337 e. The molecule has 0 aliphatic carbocycles. The second-order valence-electron chi connectivity index (χ2n) is 7.63. The summed E-state index contributed by atoms with van der Waals surface area (Å²) in [4.78, 5) is 25.0. The molecule has 0 radical (unpaired) electrons. The zero-order valence-corrected chi connectivity index (χ0v) is 20.3. The lowest BCUT2D eigenvalue weighted by Crippen LogP contribution is -2.47. The molecule has 2 aromatic carbocycles. The van der Waals surface area contributed by atoms with E-state index in [-0.39, 0.29) is 12.5 Å². The first-order chi connectivity index (χ1) is 15.8. The fourth-order valence-electron chi connectivity index (χ4n) is 3.54. The minimum atomic E-state index is -0.713. The normalized spacial score (nSPS) is 15.7. The van der Waals surface area contributed by atoms with Crippen molar-refractivity contribution in [3.05, 3.63) is 68.8 Å². The van der Waals surface area contributed by atoms with Crippen LogP contribution in [0.3, 0.4) is 0 Å². The number of esters is 1. The minimum Gasteiger partial charge on any atom is -0.490 e. The molecule has 1 atom stereocenters. The molecule has 2 N–H and O–H groups in total. The van der Waals surface area contributed by atoms with Crippen molar-refractivity contribution in [1.82, 2.24) is 10.6 Å². The first kappa shape index (κ1) is 24.7. The molecule has 0 spiro atoms. The summed E-state index contributed by atoms with van der Waals surface area (Å²) in [6.07, 6.45) is 0. The molecule has 0 saturated carbocycles. The van der Waals surface area contributed by atoms with E-state index < -0.39 is 18.0 Å². The maximum atomic E-state index is 12.6. The van der Waals surface area contributed by atoms with E-state index in [9.17, 15) is 9.59 Å². The molecule has 1 heterocycles. The van der Waals surface area contributed by atoms with Crippen LogP contribution >= 0.6 is 23.2 Å². The van der Waals surface area contributed by atoms with Crippen molar-refractivity contribution < 1.29 is 23.8 Å². The van der Waals surface area contributed by atoms with Gasteiger partial charge in [-0.1, -0.05) is 49.2 Å². The van der Waals surface area contributed by atoms with Gasteiger partial charge in [0.1, 0.15) is 6.61 Å². The molecule has 33 heavy (non-hydrogen) atoms. The van der Waals surface area contributed by atoms with Crippen molar-refractivity contribution in [3.63, 3.8) is 0 Å². The summed E-state index contributed by atoms with van der Waals surface area (Å²) in [6.45, 7) is 6.17. The quantitative estimate of drug-likeness (QED) is 0.481. The average molecular weight is 493 g/mol. The van der Waals surface area contributed by atoms with Gasteiger partial charge in [0.2, 0.25) is 0 Å². The molecule has 7 nitrogen and oxygen atoms in total. The fraction of sp³-hybridized carbons (Fsp3) is 0.333. The lowest BCUT2D eigenvalue weighted by Gasteiger charge is -2.31. The second kappa shape index (κ2) is 10.8. The molecule has 3 rings (SSSR count). The van der Waals surface area contributed by atoms with E-state index in [2.05, 4.69) is 10.6 Å². The van der Waals surface area contributed by atoms with Crippen LogP contribution in [0.25, 0.3) is 0 Å². The van der Waals surface area contributed by atoms with Crippen LogP contribution in [0.2, 0.25) is 10.0 Å². The van der Waals surface area contributed by atoms with Crippen molar-refractivity contribution in [3.8, 4) is 11.5 Å². The van der Waals surface area contributed by atoms with Crippen LogP contribution in [0.1, 0.15) is 37.9 Å². The number of allylic oxidation sites excluding steroid dienone is 1.